The molecule has 0 aromatic heterocycles. The summed E-state index contributed by atoms with van der Waals surface area (Å²) in [6, 6.07) is 1.27. The summed E-state index contributed by atoms with van der Waals surface area (Å²) in [6.07, 6.45) is 1.14. The van der Waals surface area contributed by atoms with Crippen molar-refractivity contribution in [1.82, 2.24) is 10.6 Å². The van der Waals surface area contributed by atoms with Gasteiger partial charge in [0, 0.05) is 24.5 Å². The van der Waals surface area contributed by atoms with Gasteiger partial charge in [-0.2, -0.15) is 11.8 Å². The van der Waals surface area contributed by atoms with Crippen LogP contribution in [0.5, 0.6) is 0 Å². The van der Waals surface area contributed by atoms with Gasteiger partial charge in [0.1, 0.15) is 0 Å². The third-order valence-electron chi connectivity index (χ3n) is 2.18. The molecular formula is C8H19N3S. The van der Waals surface area contributed by atoms with Crippen LogP contribution in [0.4, 0.5) is 0 Å². The second-order valence-electron chi connectivity index (χ2n) is 3.20. The Morgan fingerprint density at radius 2 is 2.33 bits per heavy atom. The zero-order chi connectivity index (χ0) is 8.81. The molecule has 1 saturated heterocycles. The molecular weight excluding hydrogens is 170 g/mol. The first-order chi connectivity index (χ1) is 5.84. The van der Waals surface area contributed by atoms with Crippen molar-refractivity contribution in [3.05, 3.63) is 0 Å². The zero-order valence-electron chi connectivity index (χ0n) is 7.68. The van der Waals surface area contributed by atoms with E-state index >= 15 is 0 Å². The van der Waals surface area contributed by atoms with Gasteiger partial charge in [0.25, 0.3) is 0 Å². The zero-order valence-corrected chi connectivity index (χ0v) is 8.49. The summed E-state index contributed by atoms with van der Waals surface area (Å²) in [5.74, 6) is 2.40. The van der Waals surface area contributed by atoms with Gasteiger partial charge in [-0.05, 0) is 25.6 Å². The standard InChI is InChI=1S/C8H19N3S/c1-7-8(11-6-10-7)5-12-4-2-3-9/h7-8,10-11H,2-6,9H2,1H3. The third kappa shape index (κ3) is 3.31. The molecule has 0 aromatic carbocycles. The first kappa shape index (κ1) is 10.3. The second kappa shape index (κ2) is 5.80. The number of hydrogen-bond donors (Lipinski definition) is 3. The van der Waals surface area contributed by atoms with Gasteiger partial charge >= 0.3 is 0 Å². The van der Waals surface area contributed by atoms with Crippen LogP contribution in [0.25, 0.3) is 0 Å². The van der Waals surface area contributed by atoms with Gasteiger partial charge in [-0.3, -0.25) is 5.32 Å². The van der Waals surface area contributed by atoms with E-state index in [0.717, 1.165) is 19.6 Å². The molecule has 12 heavy (non-hydrogen) atoms. The van der Waals surface area contributed by atoms with E-state index in [9.17, 15) is 0 Å². The smallest absolute Gasteiger partial charge is 0.0459 e. The number of thioether (sulfide) groups is 1. The molecule has 0 saturated carbocycles. The highest BCUT2D eigenvalue weighted by atomic mass is 32.2. The molecule has 3 nitrogen and oxygen atoms in total. The molecule has 0 bridgehead atoms. The molecule has 0 amide bonds. The van der Waals surface area contributed by atoms with E-state index in [0.29, 0.717) is 12.1 Å². The quantitative estimate of drug-likeness (QED) is 0.532. The molecule has 4 N–H and O–H groups in total. The van der Waals surface area contributed by atoms with Gasteiger partial charge in [0.15, 0.2) is 0 Å². The number of nitrogens with one attached hydrogen (secondary N) is 2. The molecule has 1 aliphatic rings. The number of rotatable bonds is 5. The van der Waals surface area contributed by atoms with E-state index in [2.05, 4.69) is 17.6 Å². The molecule has 4 heteroatoms. The normalized spacial score (nSPS) is 29.5. The Labute approximate surface area is 78.9 Å². The van der Waals surface area contributed by atoms with Gasteiger partial charge in [0.2, 0.25) is 0 Å². The fourth-order valence-corrected chi connectivity index (χ4v) is 2.47. The van der Waals surface area contributed by atoms with Gasteiger partial charge < -0.3 is 11.1 Å². The summed E-state index contributed by atoms with van der Waals surface area (Å²) in [4.78, 5) is 0. The van der Waals surface area contributed by atoms with Crippen molar-refractivity contribution in [2.24, 2.45) is 5.73 Å². The number of hydrogen-bond acceptors (Lipinski definition) is 4. The Hall–Kier alpha value is 0.230. The molecule has 2 atom stereocenters. The lowest BCUT2D eigenvalue weighted by Crippen LogP contribution is -2.33. The van der Waals surface area contributed by atoms with Crippen LogP contribution < -0.4 is 16.4 Å². The molecule has 1 fully saturated rings. The average Bonchev–Trinajstić information content (AvgIpc) is 2.46. The molecule has 1 aliphatic heterocycles. The van der Waals surface area contributed by atoms with Crippen LogP contribution in [0.3, 0.4) is 0 Å². The minimum absolute atomic E-state index is 0.621. The fraction of sp³-hybridized carbons (Fsp3) is 1.00. The van der Waals surface area contributed by atoms with Crippen molar-refractivity contribution < 1.29 is 0 Å². The minimum atomic E-state index is 0.621. The number of nitrogens with two attached hydrogens (primary N) is 1. The van der Waals surface area contributed by atoms with E-state index in [1.165, 1.54) is 11.5 Å². The van der Waals surface area contributed by atoms with Crippen molar-refractivity contribution in [2.45, 2.75) is 25.4 Å². The van der Waals surface area contributed by atoms with Crippen LogP contribution in [0.1, 0.15) is 13.3 Å². The lowest BCUT2D eigenvalue weighted by atomic mass is 10.2. The topological polar surface area (TPSA) is 50.1 Å². The summed E-state index contributed by atoms with van der Waals surface area (Å²) >= 11 is 2.00. The van der Waals surface area contributed by atoms with Crippen molar-refractivity contribution in [3.63, 3.8) is 0 Å². The van der Waals surface area contributed by atoms with Crippen molar-refractivity contribution in [2.75, 3.05) is 24.7 Å². The van der Waals surface area contributed by atoms with Gasteiger partial charge in [0.05, 0.1) is 0 Å². The maximum atomic E-state index is 5.41. The minimum Gasteiger partial charge on any atom is -0.330 e. The predicted octanol–water partition coefficient (Wildman–Crippen LogP) is -0.0242. The maximum absolute atomic E-state index is 5.41. The van der Waals surface area contributed by atoms with Crippen LogP contribution in [0.2, 0.25) is 0 Å². The van der Waals surface area contributed by atoms with Crippen LogP contribution in [0.15, 0.2) is 0 Å². The fourth-order valence-electron chi connectivity index (χ4n) is 1.27. The second-order valence-corrected chi connectivity index (χ2v) is 4.35. The molecule has 72 valence electrons. The predicted molar refractivity (Wildman–Crippen MR) is 55.4 cm³/mol. The average molecular weight is 189 g/mol. The van der Waals surface area contributed by atoms with Crippen LogP contribution >= 0.6 is 11.8 Å². The van der Waals surface area contributed by atoms with E-state index in [4.69, 9.17) is 5.73 Å². The van der Waals surface area contributed by atoms with Crippen molar-refractivity contribution in [1.29, 1.82) is 0 Å². The molecule has 1 rings (SSSR count). The first-order valence-corrected chi connectivity index (χ1v) is 5.74. The van der Waals surface area contributed by atoms with Crippen LogP contribution in [-0.2, 0) is 0 Å². The molecule has 0 spiro atoms. The Balaban J connectivity index is 1.98. The van der Waals surface area contributed by atoms with Crippen LogP contribution in [0, 0.1) is 0 Å². The molecule has 1 heterocycles. The van der Waals surface area contributed by atoms with Crippen molar-refractivity contribution >= 4 is 11.8 Å². The highest BCUT2D eigenvalue weighted by Gasteiger charge is 2.20. The first-order valence-electron chi connectivity index (χ1n) is 4.59. The Morgan fingerprint density at radius 3 is 2.92 bits per heavy atom. The van der Waals surface area contributed by atoms with E-state index in [-0.39, 0.29) is 0 Å². The third-order valence-corrected chi connectivity index (χ3v) is 3.35. The summed E-state index contributed by atoms with van der Waals surface area (Å²) < 4.78 is 0. The highest BCUT2D eigenvalue weighted by Crippen LogP contribution is 2.09. The monoisotopic (exact) mass is 189 g/mol. The summed E-state index contributed by atoms with van der Waals surface area (Å²) in [7, 11) is 0. The molecule has 2 unspecified atom stereocenters. The lowest BCUT2D eigenvalue weighted by molar-refractivity contribution is 0.590. The van der Waals surface area contributed by atoms with Gasteiger partial charge in [-0.15, -0.1) is 0 Å². The van der Waals surface area contributed by atoms with Crippen molar-refractivity contribution in [3.8, 4) is 0 Å². The van der Waals surface area contributed by atoms with E-state index in [1.54, 1.807) is 0 Å². The Bertz CT molecular complexity index is 121. The van der Waals surface area contributed by atoms with E-state index in [1.807, 2.05) is 11.8 Å². The maximum Gasteiger partial charge on any atom is 0.0459 e. The molecule has 0 aromatic rings. The van der Waals surface area contributed by atoms with Crippen LogP contribution in [-0.4, -0.2) is 36.8 Å². The Morgan fingerprint density at radius 1 is 1.50 bits per heavy atom. The lowest BCUT2D eigenvalue weighted by Gasteiger charge is -2.13. The summed E-state index contributed by atoms with van der Waals surface area (Å²) in [5.41, 5.74) is 5.41. The summed E-state index contributed by atoms with van der Waals surface area (Å²) in [6.45, 7) is 4.01. The van der Waals surface area contributed by atoms with E-state index < -0.39 is 0 Å². The molecule has 0 radical (unpaired) electrons. The summed E-state index contributed by atoms with van der Waals surface area (Å²) in [5, 5.41) is 6.78. The highest BCUT2D eigenvalue weighted by molar-refractivity contribution is 7.99. The van der Waals surface area contributed by atoms with Gasteiger partial charge in [-0.25, -0.2) is 0 Å². The SMILES string of the molecule is CC1NCNC1CSCCCN. The van der Waals surface area contributed by atoms with Gasteiger partial charge in [-0.1, -0.05) is 0 Å². The Kier molecular flexibility index (Phi) is 4.99. The molecule has 0 aliphatic carbocycles. The largest absolute Gasteiger partial charge is 0.330 e.